The van der Waals surface area contributed by atoms with Crippen molar-refractivity contribution in [2.24, 2.45) is 32.7 Å². The van der Waals surface area contributed by atoms with Gasteiger partial charge in [0.05, 0.1) is 19.6 Å². The maximum atomic E-state index is 10.2. The Morgan fingerprint density at radius 3 is 1.67 bits per heavy atom. The molecule has 0 radical (unpaired) electrons. The lowest BCUT2D eigenvalue weighted by Gasteiger charge is -2.35. The van der Waals surface area contributed by atoms with Crippen LogP contribution in [0.5, 0.6) is 0 Å². The molecule has 0 aromatic heterocycles. The normalized spacial score (nSPS) is 26.3. The van der Waals surface area contributed by atoms with Crippen molar-refractivity contribution in [3.8, 4) is 0 Å². The van der Waals surface area contributed by atoms with Gasteiger partial charge < -0.3 is 0 Å². The van der Waals surface area contributed by atoms with Crippen molar-refractivity contribution in [3.63, 3.8) is 0 Å². The van der Waals surface area contributed by atoms with Gasteiger partial charge in [0.2, 0.25) is 18.2 Å². The number of hydrogen-bond acceptors (Lipinski definition) is 6. The van der Waals surface area contributed by atoms with E-state index in [-0.39, 0.29) is 17.8 Å². The fourth-order valence-corrected chi connectivity index (χ4v) is 2.66. The molecule has 1 saturated carbocycles. The van der Waals surface area contributed by atoms with Crippen molar-refractivity contribution in [1.82, 2.24) is 0 Å². The average Bonchev–Trinajstić information content (AvgIpc) is 2.41. The molecule has 0 aromatic carbocycles. The standard InChI is InChI=1S/C12H15N3O3/c16-7-13-4-10-2-1-3-11(5-14-8-17)12(10)6-15-9-18/h10-12H,1-6H2. The fourth-order valence-electron chi connectivity index (χ4n) is 2.66. The van der Waals surface area contributed by atoms with Gasteiger partial charge in [-0.3, -0.25) is 0 Å². The van der Waals surface area contributed by atoms with E-state index in [2.05, 4.69) is 15.0 Å². The van der Waals surface area contributed by atoms with Crippen molar-refractivity contribution >= 4 is 18.2 Å². The summed E-state index contributed by atoms with van der Waals surface area (Å²) in [5, 5.41) is 0. The zero-order chi connectivity index (χ0) is 13.2. The maximum Gasteiger partial charge on any atom is 0.234 e. The molecule has 0 amide bonds. The van der Waals surface area contributed by atoms with E-state index in [4.69, 9.17) is 0 Å². The Bertz CT molecular complexity index is 377. The number of aliphatic imine (C=N–C) groups is 3. The van der Waals surface area contributed by atoms with Gasteiger partial charge in [-0.2, -0.15) is 0 Å². The van der Waals surface area contributed by atoms with Crippen molar-refractivity contribution in [2.45, 2.75) is 19.3 Å². The summed E-state index contributed by atoms with van der Waals surface area (Å²) in [6.45, 7) is 1.13. The van der Waals surface area contributed by atoms with Gasteiger partial charge in [-0.25, -0.2) is 29.4 Å². The summed E-state index contributed by atoms with van der Waals surface area (Å²) < 4.78 is 0. The third-order valence-electron chi connectivity index (χ3n) is 3.51. The molecule has 6 heteroatoms. The molecule has 0 spiro atoms. The molecular formula is C12H15N3O3. The van der Waals surface area contributed by atoms with Gasteiger partial charge >= 0.3 is 0 Å². The van der Waals surface area contributed by atoms with Crippen LogP contribution in [-0.2, 0) is 14.4 Å². The third kappa shape index (κ3) is 4.19. The highest BCUT2D eigenvalue weighted by atomic mass is 16.1. The topological polar surface area (TPSA) is 88.3 Å². The second kappa shape index (κ2) is 8.26. The zero-order valence-electron chi connectivity index (χ0n) is 10.0. The monoisotopic (exact) mass is 249 g/mol. The van der Waals surface area contributed by atoms with E-state index in [1.54, 1.807) is 0 Å². The predicted octanol–water partition coefficient (Wildman–Crippen LogP) is 1.03. The highest BCUT2D eigenvalue weighted by molar-refractivity contribution is 5.34. The van der Waals surface area contributed by atoms with Crippen LogP contribution in [0.4, 0.5) is 0 Å². The minimum atomic E-state index is 0.106. The average molecular weight is 249 g/mol. The zero-order valence-corrected chi connectivity index (χ0v) is 10.0. The molecule has 18 heavy (non-hydrogen) atoms. The summed E-state index contributed by atoms with van der Waals surface area (Å²) in [5.41, 5.74) is 0. The van der Waals surface area contributed by atoms with Gasteiger partial charge in [0, 0.05) is 0 Å². The molecule has 0 aliphatic heterocycles. The number of isocyanates is 3. The Kier molecular flexibility index (Phi) is 6.52. The van der Waals surface area contributed by atoms with E-state index in [0.29, 0.717) is 19.6 Å². The third-order valence-corrected chi connectivity index (χ3v) is 3.51. The number of carbonyl (C=O) groups excluding carboxylic acids is 3. The lowest BCUT2D eigenvalue weighted by Crippen LogP contribution is -2.34. The number of nitrogens with zero attached hydrogens (tertiary/aromatic N) is 3. The van der Waals surface area contributed by atoms with Crippen LogP contribution in [0.3, 0.4) is 0 Å². The van der Waals surface area contributed by atoms with Gasteiger partial charge in [0.1, 0.15) is 0 Å². The van der Waals surface area contributed by atoms with Crippen LogP contribution in [0, 0.1) is 17.8 Å². The fraction of sp³-hybridized carbons (Fsp3) is 0.750. The minimum Gasteiger partial charge on any atom is -0.211 e. The molecule has 1 aliphatic carbocycles. The van der Waals surface area contributed by atoms with Gasteiger partial charge in [0.25, 0.3) is 0 Å². The molecule has 1 rings (SSSR count). The molecular weight excluding hydrogens is 234 g/mol. The molecule has 0 saturated heterocycles. The minimum absolute atomic E-state index is 0.106. The lowest BCUT2D eigenvalue weighted by molar-refractivity contribution is 0.169. The van der Waals surface area contributed by atoms with E-state index in [1.807, 2.05) is 0 Å². The van der Waals surface area contributed by atoms with Crippen LogP contribution in [-0.4, -0.2) is 37.9 Å². The van der Waals surface area contributed by atoms with E-state index in [1.165, 1.54) is 18.2 Å². The Morgan fingerprint density at radius 2 is 1.22 bits per heavy atom. The maximum absolute atomic E-state index is 10.2. The number of rotatable bonds is 6. The van der Waals surface area contributed by atoms with E-state index in [0.717, 1.165) is 19.3 Å². The van der Waals surface area contributed by atoms with Crippen molar-refractivity contribution in [1.29, 1.82) is 0 Å². The number of hydrogen-bond donors (Lipinski definition) is 0. The molecule has 0 N–H and O–H groups in total. The first kappa shape index (κ1) is 14.2. The van der Waals surface area contributed by atoms with Crippen LogP contribution in [0.25, 0.3) is 0 Å². The van der Waals surface area contributed by atoms with Gasteiger partial charge in [0.15, 0.2) is 0 Å². The molecule has 96 valence electrons. The predicted molar refractivity (Wildman–Crippen MR) is 63.3 cm³/mol. The largest absolute Gasteiger partial charge is 0.234 e. The van der Waals surface area contributed by atoms with Crippen LogP contribution < -0.4 is 0 Å². The van der Waals surface area contributed by atoms with Crippen molar-refractivity contribution in [2.75, 3.05) is 19.6 Å². The Morgan fingerprint density at radius 1 is 0.778 bits per heavy atom. The summed E-state index contributed by atoms with van der Waals surface area (Å²) in [7, 11) is 0. The van der Waals surface area contributed by atoms with Gasteiger partial charge in [-0.1, -0.05) is 6.42 Å². The Balaban J connectivity index is 2.76. The smallest absolute Gasteiger partial charge is 0.211 e. The molecule has 2 atom stereocenters. The first-order valence-corrected chi connectivity index (χ1v) is 5.94. The molecule has 2 unspecified atom stereocenters. The molecule has 1 fully saturated rings. The quantitative estimate of drug-likeness (QED) is 0.520. The van der Waals surface area contributed by atoms with Crippen LogP contribution in [0.1, 0.15) is 19.3 Å². The van der Waals surface area contributed by atoms with Gasteiger partial charge in [-0.05, 0) is 30.6 Å². The lowest BCUT2D eigenvalue weighted by atomic mass is 9.72. The molecule has 0 heterocycles. The Labute approximate surface area is 105 Å². The SMILES string of the molecule is O=C=NCC1CCCC(CN=C=O)C1CN=C=O. The Hall–Kier alpha value is -1.86. The highest BCUT2D eigenvalue weighted by Gasteiger charge is 2.32. The molecule has 0 aromatic rings. The van der Waals surface area contributed by atoms with Crippen LogP contribution in [0.15, 0.2) is 15.0 Å². The summed E-state index contributed by atoms with van der Waals surface area (Å²) in [4.78, 5) is 41.4. The first-order valence-electron chi connectivity index (χ1n) is 5.94. The second-order valence-electron chi connectivity index (χ2n) is 4.41. The summed E-state index contributed by atoms with van der Waals surface area (Å²) in [5.74, 6) is 0.475. The van der Waals surface area contributed by atoms with Crippen molar-refractivity contribution < 1.29 is 14.4 Å². The summed E-state index contributed by atoms with van der Waals surface area (Å²) in [6, 6.07) is 0. The highest BCUT2D eigenvalue weighted by Crippen LogP contribution is 2.35. The molecule has 0 bridgehead atoms. The summed E-state index contributed by atoms with van der Waals surface area (Å²) >= 11 is 0. The molecule has 6 nitrogen and oxygen atoms in total. The van der Waals surface area contributed by atoms with E-state index >= 15 is 0 Å². The van der Waals surface area contributed by atoms with Gasteiger partial charge in [-0.15, -0.1) is 0 Å². The first-order chi connectivity index (χ1) is 8.83. The van der Waals surface area contributed by atoms with E-state index in [9.17, 15) is 14.4 Å². The van der Waals surface area contributed by atoms with Crippen molar-refractivity contribution in [3.05, 3.63) is 0 Å². The van der Waals surface area contributed by atoms with E-state index < -0.39 is 0 Å². The second-order valence-corrected chi connectivity index (χ2v) is 4.41. The molecule has 1 aliphatic rings. The van der Waals surface area contributed by atoms with Crippen LogP contribution >= 0.6 is 0 Å². The summed E-state index contributed by atoms with van der Waals surface area (Å²) in [6.07, 6.45) is 7.46. The van der Waals surface area contributed by atoms with Crippen LogP contribution in [0.2, 0.25) is 0 Å².